The smallest absolute Gasteiger partial charge is 0.0720 e. The molecule has 0 fully saturated rings. The molecule has 15 aromatic rings. The van der Waals surface area contributed by atoms with Gasteiger partial charge in [-0.05, 0) is 127 Å². The van der Waals surface area contributed by atoms with Crippen LogP contribution in [0.25, 0.3) is 83.8 Å². The summed E-state index contributed by atoms with van der Waals surface area (Å²) < 4.78 is 5.12. The van der Waals surface area contributed by atoms with Crippen molar-refractivity contribution >= 4 is 129 Å². The van der Waals surface area contributed by atoms with E-state index in [2.05, 4.69) is 289 Å². The van der Waals surface area contributed by atoms with Gasteiger partial charge in [-0.2, -0.15) is 0 Å². The van der Waals surface area contributed by atoms with Gasteiger partial charge in [-0.3, -0.25) is 0 Å². The van der Waals surface area contributed by atoms with E-state index in [0.29, 0.717) is 0 Å². The molecule has 1 aliphatic rings. The molecule has 360 valence electrons. The standard InChI is InChI=1S/C73H46N2S2/c1-5-23-47(24-6-1)73(48-25-7-2-8-26-48)62-46-65(75(50-29-11-4-12-30-50)64-40-22-38-60-55-34-18-20-42-67(55)77-72(60)64)53-32-14-16-36-57(53)68(62)69-56-35-15-13-31-52(56)61-45-51(43-44-58(61)70(69)73)74(49-27-9-3-10-28-49)63-39-21-37-59-54-33-17-19-41-66(54)76-71(59)63/h1-46H. The molecule has 16 rings (SSSR count). The molecular weight excluding hydrogens is 969 g/mol. The van der Waals surface area contributed by atoms with Crippen LogP contribution in [0.5, 0.6) is 0 Å². The third-order valence-electron chi connectivity index (χ3n) is 16.3. The molecule has 13 aromatic carbocycles. The molecule has 0 amide bonds. The molecule has 0 saturated carbocycles. The highest BCUT2D eigenvalue weighted by Crippen LogP contribution is 2.64. The van der Waals surface area contributed by atoms with Gasteiger partial charge in [0.05, 0.1) is 31.9 Å². The molecular formula is C73H46N2S2. The molecule has 0 bridgehead atoms. The summed E-state index contributed by atoms with van der Waals surface area (Å²) in [6, 6.07) is 104. The van der Waals surface area contributed by atoms with Crippen LogP contribution in [-0.2, 0) is 5.41 Å². The average Bonchev–Trinajstić information content (AvgIpc) is 4.20. The van der Waals surface area contributed by atoms with Crippen LogP contribution in [0.15, 0.2) is 279 Å². The molecule has 0 atom stereocenters. The molecule has 77 heavy (non-hydrogen) atoms. The summed E-state index contributed by atoms with van der Waals surface area (Å²) in [5, 5.41) is 12.5. The summed E-state index contributed by atoms with van der Waals surface area (Å²) in [4.78, 5) is 5.02. The van der Waals surface area contributed by atoms with Crippen LogP contribution < -0.4 is 9.80 Å². The Morgan fingerprint density at radius 3 is 1.27 bits per heavy atom. The lowest BCUT2D eigenvalue weighted by atomic mass is 9.66. The summed E-state index contributed by atoms with van der Waals surface area (Å²) in [5.41, 5.74) is 13.7. The number of benzene rings is 13. The van der Waals surface area contributed by atoms with Crippen LogP contribution in [0, 0.1) is 0 Å². The highest BCUT2D eigenvalue weighted by atomic mass is 32.1. The van der Waals surface area contributed by atoms with E-state index in [1.54, 1.807) is 0 Å². The van der Waals surface area contributed by atoms with Gasteiger partial charge in [0.1, 0.15) is 0 Å². The van der Waals surface area contributed by atoms with Crippen molar-refractivity contribution in [1.29, 1.82) is 0 Å². The fourth-order valence-corrected chi connectivity index (χ4v) is 15.6. The van der Waals surface area contributed by atoms with Crippen LogP contribution in [-0.4, -0.2) is 0 Å². The van der Waals surface area contributed by atoms with Crippen LogP contribution in [0.1, 0.15) is 22.3 Å². The van der Waals surface area contributed by atoms with Crippen LogP contribution in [0.3, 0.4) is 0 Å². The normalized spacial score (nSPS) is 12.8. The summed E-state index contributed by atoms with van der Waals surface area (Å²) in [5.74, 6) is 0. The highest BCUT2D eigenvalue weighted by Gasteiger charge is 2.49. The molecule has 2 nitrogen and oxygen atoms in total. The minimum absolute atomic E-state index is 0.746. The first-order valence-electron chi connectivity index (χ1n) is 26.4. The van der Waals surface area contributed by atoms with Crippen LogP contribution in [0.4, 0.5) is 34.1 Å². The maximum Gasteiger partial charge on any atom is 0.0720 e. The van der Waals surface area contributed by atoms with Gasteiger partial charge in [0, 0.05) is 53.4 Å². The first-order valence-corrected chi connectivity index (χ1v) is 28.0. The first kappa shape index (κ1) is 44.0. The fraction of sp³-hybridized carbons (Fsp3) is 0.0137. The second kappa shape index (κ2) is 17.4. The maximum atomic E-state index is 2.58. The molecule has 0 aliphatic heterocycles. The van der Waals surface area contributed by atoms with E-state index in [1.807, 2.05) is 22.7 Å². The Labute approximate surface area is 454 Å². The van der Waals surface area contributed by atoms with E-state index in [-0.39, 0.29) is 0 Å². The largest absolute Gasteiger partial charge is 0.309 e. The molecule has 0 radical (unpaired) electrons. The van der Waals surface area contributed by atoms with Crippen molar-refractivity contribution in [3.63, 3.8) is 0 Å². The van der Waals surface area contributed by atoms with Crippen molar-refractivity contribution in [2.24, 2.45) is 0 Å². The lowest BCUT2D eigenvalue weighted by Crippen LogP contribution is -2.29. The fourth-order valence-electron chi connectivity index (χ4n) is 13.2. The predicted octanol–water partition coefficient (Wildman–Crippen LogP) is 21.2. The number of hydrogen-bond donors (Lipinski definition) is 0. The van der Waals surface area contributed by atoms with E-state index in [1.165, 1.54) is 117 Å². The molecule has 2 heterocycles. The maximum absolute atomic E-state index is 2.58. The Morgan fingerprint density at radius 1 is 0.260 bits per heavy atom. The monoisotopic (exact) mass is 1010 g/mol. The Balaban J connectivity index is 1.04. The third-order valence-corrected chi connectivity index (χ3v) is 18.7. The minimum Gasteiger partial charge on any atom is -0.309 e. The zero-order valence-electron chi connectivity index (χ0n) is 41.8. The number of fused-ring (bicyclic) bond motifs is 16. The number of nitrogens with zero attached hydrogens (tertiary/aromatic N) is 2. The van der Waals surface area contributed by atoms with Crippen molar-refractivity contribution in [3.05, 3.63) is 301 Å². The summed E-state index contributed by atoms with van der Waals surface area (Å²) >= 11 is 3.75. The molecule has 4 heteroatoms. The Bertz CT molecular complexity index is 4770. The van der Waals surface area contributed by atoms with Gasteiger partial charge in [-0.1, -0.05) is 212 Å². The van der Waals surface area contributed by atoms with E-state index in [9.17, 15) is 0 Å². The molecule has 1 aliphatic carbocycles. The van der Waals surface area contributed by atoms with Gasteiger partial charge in [0.25, 0.3) is 0 Å². The lowest BCUT2D eigenvalue weighted by Gasteiger charge is -2.36. The lowest BCUT2D eigenvalue weighted by molar-refractivity contribution is 0.776. The number of para-hydroxylation sites is 2. The first-order chi connectivity index (χ1) is 38.2. The summed E-state index contributed by atoms with van der Waals surface area (Å²) in [6.07, 6.45) is 0. The molecule has 0 unspecified atom stereocenters. The molecule has 0 saturated heterocycles. The van der Waals surface area contributed by atoms with Crippen molar-refractivity contribution in [2.75, 3.05) is 9.80 Å². The van der Waals surface area contributed by atoms with Gasteiger partial charge in [-0.15, -0.1) is 22.7 Å². The summed E-state index contributed by atoms with van der Waals surface area (Å²) in [7, 11) is 0. The van der Waals surface area contributed by atoms with Crippen molar-refractivity contribution in [2.45, 2.75) is 5.41 Å². The van der Waals surface area contributed by atoms with Crippen LogP contribution in [0.2, 0.25) is 0 Å². The molecule has 0 spiro atoms. The van der Waals surface area contributed by atoms with Gasteiger partial charge in [0.2, 0.25) is 0 Å². The van der Waals surface area contributed by atoms with Gasteiger partial charge in [-0.25, -0.2) is 0 Å². The van der Waals surface area contributed by atoms with E-state index in [4.69, 9.17) is 0 Å². The topological polar surface area (TPSA) is 6.48 Å². The highest BCUT2D eigenvalue weighted by molar-refractivity contribution is 7.26. The minimum atomic E-state index is -0.746. The number of rotatable bonds is 8. The SMILES string of the molecule is c1ccc(N(c2ccc3c4c(c5ccccc5c3c2)-c2c(cc(N(c3ccccc3)c3cccc5c3sc3ccccc35)c3ccccc23)C4(c2ccccc2)c2ccccc2)c2cccc3c2sc2ccccc23)cc1. The molecule has 2 aromatic heterocycles. The number of hydrogen-bond acceptors (Lipinski definition) is 4. The van der Waals surface area contributed by atoms with Crippen LogP contribution >= 0.6 is 22.7 Å². The number of thiophene rings is 2. The summed E-state index contributed by atoms with van der Waals surface area (Å²) in [6.45, 7) is 0. The van der Waals surface area contributed by atoms with Crippen molar-refractivity contribution < 1.29 is 0 Å². The second-order valence-electron chi connectivity index (χ2n) is 20.2. The predicted molar refractivity (Wildman–Crippen MR) is 331 cm³/mol. The van der Waals surface area contributed by atoms with Crippen molar-refractivity contribution in [1.82, 2.24) is 0 Å². The Hall–Kier alpha value is -9.32. The quantitative estimate of drug-likeness (QED) is 0.140. The van der Waals surface area contributed by atoms with Gasteiger partial charge in [0.15, 0.2) is 0 Å². The average molecular weight is 1020 g/mol. The van der Waals surface area contributed by atoms with E-state index >= 15 is 0 Å². The zero-order valence-corrected chi connectivity index (χ0v) is 43.4. The Morgan fingerprint density at radius 2 is 0.701 bits per heavy atom. The van der Waals surface area contributed by atoms with Gasteiger partial charge < -0.3 is 9.80 Å². The van der Waals surface area contributed by atoms with Crippen molar-refractivity contribution in [3.8, 4) is 11.1 Å². The Kier molecular flexibility index (Phi) is 9.93. The van der Waals surface area contributed by atoms with E-state index in [0.717, 1.165) is 22.7 Å². The van der Waals surface area contributed by atoms with Gasteiger partial charge >= 0.3 is 0 Å². The van der Waals surface area contributed by atoms with E-state index < -0.39 is 5.41 Å². The molecule has 0 N–H and O–H groups in total. The zero-order chi connectivity index (χ0) is 50.6. The second-order valence-corrected chi connectivity index (χ2v) is 22.3. The third kappa shape index (κ3) is 6.47. The number of anilines is 6.